The van der Waals surface area contributed by atoms with E-state index < -0.39 is 5.97 Å². The molecule has 2 atom stereocenters. The summed E-state index contributed by atoms with van der Waals surface area (Å²) in [7, 11) is 1.74. The lowest BCUT2D eigenvalue weighted by molar-refractivity contribution is -0.131. The maximum absolute atomic E-state index is 10.5. The largest absolute Gasteiger partial charge is 0.478 e. The smallest absolute Gasteiger partial charge is 0.328 e. The molecule has 1 fully saturated rings. The first-order valence-corrected chi connectivity index (χ1v) is 5.68. The quantitative estimate of drug-likeness (QED) is 0.737. The highest BCUT2D eigenvalue weighted by Gasteiger charge is 2.25. The van der Waals surface area contributed by atoms with Crippen LogP contribution in [0.3, 0.4) is 0 Å². The van der Waals surface area contributed by atoms with Gasteiger partial charge in [-0.1, -0.05) is 12.5 Å². The summed E-state index contributed by atoms with van der Waals surface area (Å²) in [5, 5.41) is 8.63. The summed E-state index contributed by atoms with van der Waals surface area (Å²) in [5.74, 6) is -0.281. The van der Waals surface area contributed by atoms with Gasteiger partial charge < -0.3 is 9.84 Å². The van der Waals surface area contributed by atoms with Crippen LogP contribution in [-0.2, 0) is 9.53 Å². The molecule has 0 bridgehead atoms. The van der Waals surface area contributed by atoms with Gasteiger partial charge in [-0.2, -0.15) is 0 Å². The SMILES string of the molecule is COC1CN(CC(C)=CC(=O)O)CCC1C. The Balaban J connectivity index is 2.47. The second-order valence-electron chi connectivity index (χ2n) is 4.60. The number of carboxylic acids is 1. The van der Waals surface area contributed by atoms with E-state index in [-0.39, 0.29) is 6.10 Å². The zero-order chi connectivity index (χ0) is 12.1. The van der Waals surface area contributed by atoms with Crippen LogP contribution in [-0.4, -0.2) is 48.8 Å². The molecule has 1 rings (SSSR count). The molecule has 0 saturated carbocycles. The van der Waals surface area contributed by atoms with Gasteiger partial charge in [-0.15, -0.1) is 0 Å². The van der Waals surface area contributed by atoms with E-state index in [0.29, 0.717) is 5.92 Å². The van der Waals surface area contributed by atoms with E-state index in [1.165, 1.54) is 6.08 Å². The fraction of sp³-hybridized carbons (Fsp3) is 0.750. The number of aliphatic carboxylic acids is 1. The molecule has 2 unspecified atom stereocenters. The zero-order valence-corrected chi connectivity index (χ0v) is 10.3. The van der Waals surface area contributed by atoms with Gasteiger partial charge in [0.2, 0.25) is 0 Å². The minimum absolute atomic E-state index is 0.270. The third kappa shape index (κ3) is 3.94. The van der Waals surface area contributed by atoms with Gasteiger partial charge in [0, 0.05) is 26.3 Å². The Morgan fingerprint density at radius 1 is 1.62 bits per heavy atom. The molecule has 0 spiro atoms. The van der Waals surface area contributed by atoms with Gasteiger partial charge >= 0.3 is 5.97 Å². The minimum Gasteiger partial charge on any atom is -0.478 e. The number of hydrogen-bond donors (Lipinski definition) is 1. The number of hydrogen-bond acceptors (Lipinski definition) is 3. The molecule has 1 saturated heterocycles. The van der Waals surface area contributed by atoms with E-state index in [0.717, 1.165) is 31.6 Å². The Kier molecular flexibility index (Phi) is 4.96. The Bertz CT molecular complexity index is 275. The van der Waals surface area contributed by atoms with Crippen molar-refractivity contribution in [1.82, 2.24) is 4.90 Å². The molecule has 16 heavy (non-hydrogen) atoms. The van der Waals surface area contributed by atoms with E-state index in [2.05, 4.69) is 11.8 Å². The molecule has 4 nitrogen and oxygen atoms in total. The second-order valence-corrected chi connectivity index (χ2v) is 4.60. The predicted molar refractivity (Wildman–Crippen MR) is 62.4 cm³/mol. The molecule has 0 amide bonds. The maximum Gasteiger partial charge on any atom is 0.328 e. The zero-order valence-electron chi connectivity index (χ0n) is 10.3. The summed E-state index contributed by atoms with van der Waals surface area (Å²) in [5.41, 5.74) is 0.886. The van der Waals surface area contributed by atoms with Crippen LogP contribution in [0.2, 0.25) is 0 Å². The molecular weight excluding hydrogens is 206 g/mol. The first-order chi connectivity index (χ1) is 7.52. The van der Waals surface area contributed by atoms with Crippen molar-refractivity contribution in [2.45, 2.75) is 26.4 Å². The second kappa shape index (κ2) is 6.01. The first-order valence-electron chi connectivity index (χ1n) is 5.68. The van der Waals surface area contributed by atoms with Crippen LogP contribution in [0.15, 0.2) is 11.6 Å². The van der Waals surface area contributed by atoms with Gasteiger partial charge in [-0.05, 0) is 25.8 Å². The highest BCUT2D eigenvalue weighted by Crippen LogP contribution is 2.19. The van der Waals surface area contributed by atoms with E-state index in [1.807, 2.05) is 6.92 Å². The molecule has 0 aromatic heterocycles. The van der Waals surface area contributed by atoms with Gasteiger partial charge in [0.05, 0.1) is 6.10 Å². The van der Waals surface area contributed by atoms with Gasteiger partial charge in [-0.25, -0.2) is 4.79 Å². The number of methoxy groups -OCH3 is 1. The number of piperidine rings is 1. The average Bonchev–Trinajstić information content (AvgIpc) is 2.19. The van der Waals surface area contributed by atoms with Crippen LogP contribution in [0.1, 0.15) is 20.3 Å². The summed E-state index contributed by atoms with van der Waals surface area (Å²) in [4.78, 5) is 12.8. The molecule has 1 N–H and O–H groups in total. The number of carboxylic acid groups (broad SMARTS) is 1. The summed E-state index contributed by atoms with van der Waals surface area (Å²) >= 11 is 0. The lowest BCUT2D eigenvalue weighted by atomic mass is 9.95. The average molecular weight is 227 g/mol. The predicted octanol–water partition coefficient (Wildman–Crippen LogP) is 1.37. The topological polar surface area (TPSA) is 49.8 Å². The van der Waals surface area contributed by atoms with Crippen molar-refractivity contribution in [2.24, 2.45) is 5.92 Å². The van der Waals surface area contributed by atoms with Crippen LogP contribution in [0.5, 0.6) is 0 Å². The fourth-order valence-corrected chi connectivity index (χ4v) is 2.16. The van der Waals surface area contributed by atoms with Crippen molar-refractivity contribution in [3.8, 4) is 0 Å². The molecule has 0 radical (unpaired) electrons. The van der Waals surface area contributed by atoms with E-state index >= 15 is 0 Å². The number of nitrogens with zero attached hydrogens (tertiary/aromatic N) is 1. The molecule has 4 heteroatoms. The van der Waals surface area contributed by atoms with Crippen LogP contribution in [0.4, 0.5) is 0 Å². The Morgan fingerprint density at radius 3 is 2.88 bits per heavy atom. The lowest BCUT2D eigenvalue weighted by Gasteiger charge is -2.36. The summed E-state index contributed by atoms with van der Waals surface area (Å²) < 4.78 is 5.42. The lowest BCUT2D eigenvalue weighted by Crippen LogP contribution is -2.44. The molecule has 0 aromatic carbocycles. The Morgan fingerprint density at radius 2 is 2.31 bits per heavy atom. The number of likely N-dealkylation sites (tertiary alicyclic amines) is 1. The van der Waals surface area contributed by atoms with E-state index in [9.17, 15) is 4.79 Å². The molecule has 0 aromatic rings. The number of rotatable bonds is 4. The minimum atomic E-state index is -0.869. The standard InChI is InChI=1S/C12H21NO3/c1-9(6-12(14)15)7-13-5-4-10(2)11(8-13)16-3/h6,10-11H,4-5,7-8H2,1-3H3,(H,14,15). The molecular formula is C12H21NO3. The van der Waals surface area contributed by atoms with Crippen molar-refractivity contribution >= 4 is 5.97 Å². The van der Waals surface area contributed by atoms with Gasteiger partial charge in [0.15, 0.2) is 0 Å². The highest BCUT2D eigenvalue weighted by molar-refractivity contribution is 5.80. The highest BCUT2D eigenvalue weighted by atomic mass is 16.5. The van der Waals surface area contributed by atoms with Gasteiger partial charge in [-0.3, -0.25) is 4.90 Å². The summed E-state index contributed by atoms with van der Waals surface area (Å²) in [6.07, 6.45) is 2.66. The molecule has 92 valence electrons. The van der Waals surface area contributed by atoms with Crippen LogP contribution < -0.4 is 0 Å². The van der Waals surface area contributed by atoms with Crippen LogP contribution >= 0.6 is 0 Å². The molecule has 1 heterocycles. The fourth-order valence-electron chi connectivity index (χ4n) is 2.16. The van der Waals surface area contributed by atoms with Crippen LogP contribution in [0.25, 0.3) is 0 Å². The van der Waals surface area contributed by atoms with Crippen molar-refractivity contribution in [1.29, 1.82) is 0 Å². The number of ether oxygens (including phenoxy) is 1. The Labute approximate surface area is 96.9 Å². The van der Waals surface area contributed by atoms with Gasteiger partial charge in [0.1, 0.15) is 0 Å². The monoisotopic (exact) mass is 227 g/mol. The third-order valence-electron chi connectivity index (χ3n) is 3.12. The number of carbonyl (C=O) groups is 1. The van der Waals surface area contributed by atoms with E-state index in [1.54, 1.807) is 7.11 Å². The van der Waals surface area contributed by atoms with Crippen molar-refractivity contribution in [3.63, 3.8) is 0 Å². The van der Waals surface area contributed by atoms with E-state index in [4.69, 9.17) is 9.84 Å². The normalized spacial score (nSPS) is 28.1. The van der Waals surface area contributed by atoms with Gasteiger partial charge in [0.25, 0.3) is 0 Å². The third-order valence-corrected chi connectivity index (χ3v) is 3.12. The summed E-state index contributed by atoms with van der Waals surface area (Å²) in [6, 6.07) is 0. The van der Waals surface area contributed by atoms with Crippen molar-refractivity contribution in [2.75, 3.05) is 26.7 Å². The first kappa shape index (κ1) is 13.2. The molecule has 1 aliphatic heterocycles. The Hall–Kier alpha value is -0.870. The van der Waals surface area contributed by atoms with Crippen LogP contribution in [0, 0.1) is 5.92 Å². The molecule has 0 aliphatic carbocycles. The maximum atomic E-state index is 10.5. The molecule has 1 aliphatic rings. The summed E-state index contributed by atoms with van der Waals surface area (Å²) in [6.45, 7) is 6.69. The van der Waals surface area contributed by atoms with Crippen molar-refractivity contribution < 1.29 is 14.6 Å². The van der Waals surface area contributed by atoms with Crippen molar-refractivity contribution in [3.05, 3.63) is 11.6 Å².